The van der Waals surface area contributed by atoms with E-state index >= 15 is 0 Å². The fourth-order valence-corrected chi connectivity index (χ4v) is 0.860. The number of amides is 1. The van der Waals surface area contributed by atoms with Crippen molar-refractivity contribution in [2.75, 3.05) is 13.1 Å². The Bertz CT molecular complexity index is 278. The van der Waals surface area contributed by atoms with E-state index in [1.807, 2.05) is 20.8 Å². The molecule has 0 aliphatic rings. The molecule has 0 rings (SSSR count). The van der Waals surface area contributed by atoms with Crippen LogP contribution < -0.4 is 0 Å². The zero-order valence-corrected chi connectivity index (χ0v) is 9.96. The quantitative estimate of drug-likeness (QED) is 0.527. The average molecular weight is 209 g/mol. The maximum absolute atomic E-state index is 11.6. The summed E-state index contributed by atoms with van der Waals surface area (Å²) in [5, 5.41) is 0. The molecule has 0 aliphatic heterocycles. The number of nitrogens with zero attached hydrogens (tertiary/aromatic N) is 1. The number of carbonyl (C=O) groups is 1. The topological polar surface area (TPSA) is 29.5 Å². The van der Waals surface area contributed by atoms with Crippen LogP contribution in [0.25, 0.3) is 0 Å². The first kappa shape index (κ1) is 13.6. The summed E-state index contributed by atoms with van der Waals surface area (Å²) in [5.74, 6) is 5.57. The number of carbonyl (C=O) groups excluding carboxylic acids is 1. The van der Waals surface area contributed by atoms with Gasteiger partial charge in [-0.15, -0.1) is 12.5 Å². The first-order valence-electron chi connectivity index (χ1n) is 4.89. The van der Waals surface area contributed by atoms with E-state index in [4.69, 9.17) is 4.74 Å². The Morgan fingerprint density at radius 1 is 1.53 bits per heavy atom. The highest BCUT2D eigenvalue weighted by molar-refractivity contribution is 5.68. The first-order chi connectivity index (χ1) is 6.90. The van der Waals surface area contributed by atoms with Crippen LogP contribution in [-0.4, -0.2) is 29.7 Å². The predicted octanol–water partition coefficient (Wildman–Crippen LogP) is 2.43. The molecule has 0 saturated carbocycles. The molecular formula is C12H19NO2. The Balaban J connectivity index is 4.38. The lowest BCUT2D eigenvalue weighted by atomic mass is 10.2. The second-order valence-corrected chi connectivity index (χ2v) is 4.08. The third-order valence-corrected chi connectivity index (χ3v) is 1.45. The summed E-state index contributed by atoms with van der Waals surface area (Å²) < 4.78 is 5.22. The van der Waals surface area contributed by atoms with Gasteiger partial charge in [0.2, 0.25) is 0 Å². The van der Waals surface area contributed by atoms with Gasteiger partial charge in [-0.1, -0.05) is 12.0 Å². The molecule has 1 amide bonds. The van der Waals surface area contributed by atoms with Crippen molar-refractivity contribution in [2.45, 2.75) is 33.3 Å². The van der Waals surface area contributed by atoms with Gasteiger partial charge in [0.15, 0.2) is 0 Å². The molecule has 0 aromatic carbocycles. The average Bonchev–Trinajstić information content (AvgIpc) is 2.09. The smallest absolute Gasteiger partial charge is 0.411 e. The zero-order valence-electron chi connectivity index (χ0n) is 9.96. The van der Waals surface area contributed by atoms with Crippen LogP contribution in [0.1, 0.15) is 27.7 Å². The molecule has 0 aromatic heterocycles. The van der Waals surface area contributed by atoms with Crippen molar-refractivity contribution >= 4 is 6.09 Å². The van der Waals surface area contributed by atoms with Gasteiger partial charge in [-0.2, -0.15) is 0 Å². The maximum atomic E-state index is 11.6. The number of ether oxygens (including phenoxy) is 1. The Morgan fingerprint density at radius 3 is 2.53 bits per heavy atom. The second-order valence-electron chi connectivity index (χ2n) is 4.08. The van der Waals surface area contributed by atoms with Gasteiger partial charge in [0.05, 0.1) is 6.54 Å². The van der Waals surface area contributed by atoms with E-state index in [1.54, 1.807) is 13.0 Å². The van der Waals surface area contributed by atoms with E-state index in [-0.39, 0.29) is 6.09 Å². The molecule has 3 nitrogen and oxygen atoms in total. The highest BCUT2D eigenvalue weighted by Gasteiger charge is 2.20. The van der Waals surface area contributed by atoms with Crippen LogP contribution in [0.5, 0.6) is 0 Å². The highest BCUT2D eigenvalue weighted by Crippen LogP contribution is 2.09. The molecule has 0 spiro atoms. The molecule has 0 saturated heterocycles. The molecule has 0 radical (unpaired) electrons. The summed E-state index contributed by atoms with van der Waals surface area (Å²) >= 11 is 0. The molecule has 0 aromatic rings. The van der Waals surface area contributed by atoms with Gasteiger partial charge in [-0.25, -0.2) is 4.79 Å². The lowest BCUT2D eigenvalue weighted by Gasteiger charge is -2.25. The minimum atomic E-state index is -0.476. The monoisotopic (exact) mass is 209 g/mol. The second kappa shape index (κ2) is 6.13. The van der Waals surface area contributed by atoms with Gasteiger partial charge in [0.1, 0.15) is 5.60 Å². The molecule has 0 unspecified atom stereocenters. The summed E-state index contributed by atoms with van der Waals surface area (Å²) in [5.41, 5.74) is -0.476. The minimum Gasteiger partial charge on any atom is -0.444 e. The highest BCUT2D eigenvalue weighted by atomic mass is 16.6. The van der Waals surface area contributed by atoms with Crippen LogP contribution in [0, 0.1) is 11.8 Å². The van der Waals surface area contributed by atoms with Crippen molar-refractivity contribution in [3.63, 3.8) is 0 Å². The third kappa shape index (κ3) is 6.62. The Morgan fingerprint density at radius 2 is 2.13 bits per heavy atom. The Hall–Kier alpha value is -1.43. The molecule has 0 N–H and O–H groups in total. The van der Waals surface area contributed by atoms with Crippen LogP contribution in [0.2, 0.25) is 0 Å². The van der Waals surface area contributed by atoms with Crippen molar-refractivity contribution in [1.82, 2.24) is 4.90 Å². The van der Waals surface area contributed by atoms with Crippen LogP contribution >= 0.6 is 0 Å². The van der Waals surface area contributed by atoms with Crippen molar-refractivity contribution in [2.24, 2.45) is 0 Å². The van der Waals surface area contributed by atoms with Crippen LogP contribution in [0.15, 0.2) is 12.7 Å². The Kier molecular flexibility index (Phi) is 5.54. The molecule has 0 atom stereocenters. The van der Waals surface area contributed by atoms with Crippen molar-refractivity contribution in [3.8, 4) is 11.8 Å². The fourth-order valence-electron chi connectivity index (χ4n) is 0.860. The van der Waals surface area contributed by atoms with E-state index < -0.39 is 5.60 Å². The van der Waals surface area contributed by atoms with Crippen molar-refractivity contribution in [1.29, 1.82) is 0 Å². The van der Waals surface area contributed by atoms with Crippen LogP contribution in [0.4, 0.5) is 4.79 Å². The van der Waals surface area contributed by atoms with E-state index in [0.717, 1.165) is 0 Å². The molecule has 3 heteroatoms. The molecule has 0 fully saturated rings. The number of hydrogen-bond acceptors (Lipinski definition) is 2. The fraction of sp³-hybridized carbons (Fsp3) is 0.583. The van der Waals surface area contributed by atoms with Gasteiger partial charge in [0.25, 0.3) is 0 Å². The first-order valence-corrected chi connectivity index (χ1v) is 4.89. The summed E-state index contributed by atoms with van der Waals surface area (Å²) in [6.45, 7) is 11.7. The lowest BCUT2D eigenvalue weighted by molar-refractivity contribution is 0.0296. The lowest BCUT2D eigenvalue weighted by Crippen LogP contribution is -2.37. The number of hydrogen-bond donors (Lipinski definition) is 0. The molecule has 0 aliphatic carbocycles. The van der Waals surface area contributed by atoms with E-state index in [0.29, 0.717) is 13.1 Å². The number of rotatable bonds is 3. The van der Waals surface area contributed by atoms with Crippen molar-refractivity contribution < 1.29 is 9.53 Å². The molecule has 0 heterocycles. The maximum Gasteiger partial charge on any atom is 0.411 e. The molecular weight excluding hydrogens is 190 g/mol. The normalized spacial score (nSPS) is 9.87. The van der Waals surface area contributed by atoms with Gasteiger partial charge in [-0.05, 0) is 27.7 Å². The van der Waals surface area contributed by atoms with Gasteiger partial charge >= 0.3 is 6.09 Å². The van der Waals surface area contributed by atoms with Crippen LogP contribution in [0.3, 0.4) is 0 Å². The summed E-state index contributed by atoms with van der Waals surface area (Å²) in [4.78, 5) is 13.2. The minimum absolute atomic E-state index is 0.356. The molecule has 0 bridgehead atoms. The van der Waals surface area contributed by atoms with Gasteiger partial charge in [0, 0.05) is 6.54 Å². The summed E-state index contributed by atoms with van der Waals surface area (Å²) in [7, 11) is 0. The van der Waals surface area contributed by atoms with Crippen molar-refractivity contribution in [3.05, 3.63) is 12.7 Å². The summed E-state index contributed by atoms with van der Waals surface area (Å²) in [6.07, 6.45) is 1.30. The van der Waals surface area contributed by atoms with E-state index in [1.165, 1.54) is 4.90 Å². The molecule has 15 heavy (non-hydrogen) atoms. The van der Waals surface area contributed by atoms with Gasteiger partial charge < -0.3 is 4.74 Å². The van der Waals surface area contributed by atoms with E-state index in [9.17, 15) is 4.79 Å². The molecule has 84 valence electrons. The van der Waals surface area contributed by atoms with E-state index in [2.05, 4.69) is 18.4 Å². The van der Waals surface area contributed by atoms with Crippen LogP contribution in [-0.2, 0) is 4.74 Å². The Labute approximate surface area is 92.1 Å². The zero-order chi connectivity index (χ0) is 11.9. The SMILES string of the molecule is C=CCN(CC#CC)C(=O)OC(C)(C)C. The van der Waals surface area contributed by atoms with Gasteiger partial charge in [-0.3, -0.25) is 4.90 Å². The standard InChI is InChI=1S/C12H19NO2/c1-6-8-10-13(9-7-2)11(14)15-12(3,4)5/h7H,2,9-10H2,1,3-5H3. The summed E-state index contributed by atoms with van der Waals surface area (Å²) in [6, 6.07) is 0. The predicted molar refractivity (Wildman–Crippen MR) is 61.5 cm³/mol. The largest absolute Gasteiger partial charge is 0.444 e. The third-order valence-electron chi connectivity index (χ3n) is 1.45.